The SMILES string of the molecule is CCNCC(C)(CC)Cc1ccccc1. The molecule has 0 saturated carbocycles. The van der Waals surface area contributed by atoms with Crippen LogP contribution in [-0.2, 0) is 6.42 Å². The van der Waals surface area contributed by atoms with Crippen molar-refractivity contribution in [2.45, 2.75) is 33.6 Å². The Morgan fingerprint density at radius 3 is 2.33 bits per heavy atom. The van der Waals surface area contributed by atoms with Crippen molar-refractivity contribution in [3.05, 3.63) is 35.9 Å². The minimum Gasteiger partial charge on any atom is -0.316 e. The zero-order chi connectivity index (χ0) is 11.1. The van der Waals surface area contributed by atoms with E-state index in [0.29, 0.717) is 5.41 Å². The Kier molecular flexibility index (Phi) is 4.83. The third-order valence-corrected chi connectivity index (χ3v) is 3.13. The third-order valence-electron chi connectivity index (χ3n) is 3.13. The first-order chi connectivity index (χ1) is 7.20. The van der Waals surface area contributed by atoms with Crippen LogP contribution in [0.4, 0.5) is 0 Å². The van der Waals surface area contributed by atoms with Crippen LogP contribution in [0.25, 0.3) is 0 Å². The average molecular weight is 205 g/mol. The molecule has 1 heteroatoms. The summed E-state index contributed by atoms with van der Waals surface area (Å²) in [6.45, 7) is 8.97. The fraction of sp³-hybridized carbons (Fsp3) is 0.571. The number of nitrogens with one attached hydrogen (secondary N) is 1. The van der Waals surface area contributed by atoms with E-state index in [1.165, 1.54) is 12.0 Å². The highest BCUT2D eigenvalue weighted by Gasteiger charge is 2.21. The molecule has 1 atom stereocenters. The summed E-state index contributed by atoms with van der Waals surface area (Å²) in [5, 5.41) is 3.46. The smallest absolute Gasteiger partial charge is 0.000813 e. The van der Waals surface area contributed by atoms with E-state index in [9.17, 15) is 0 Å². The summed E-state index contributed by atoms with van der Waals surface area (Å²) in [5.41, 5.74) is 1.83. The second-order valence-corrected chi connectivity index (χ2v) is 4.61. The summed E-state index contributed by atoms with van der Waals surface area (Å²) in [6, 6.07) is 10.8. The average Bonchev–Trinajstić information content (AvgIpc) is 2.28. The van der Waals surface area contributed by atoms with Crippen LogP contribution in [0.2, 0.25) is 0 Å². The van der Waals surface area contributed by atoms with E-state index in [1.807, 2.05) is 0 Å². The molecule has 1 aromatic rings. The molecule has 0 aliphatic carbocycles. The Bertz CT molecular complexity index is 268. The van der Waals surface area contributed by atoms with Gasteiger partial charge < -0.3 is 5.32 Å². The number of rotatable bonds is 6. The minimum absolute atomic E-state index is 0.386. The van der Waals surface area contributed by atoms with Crippen molar-refractivity contribution >= 4 is 0 Å². The molecule has 1 aromatic carbocycles. The fourth-order valence-corrected chi connectivity index (χ4v) is 1.83. The summed E-state index contributed by atoms with van der Waals surface area (Å²) >= 11 is 0. The molecular formula is C14H23N. The Morgan fingerprint density at radius 1 is 1.13 bits per heavy atom. The van der Waals surface area contributed by atoms with E-state index >= 15 is 0 Å². The molecule has 1 N–H and O–H groups in total. The predicted molar refractivity (Wildman–Crippen MR) is 67.1 cm³/mol. The fourth-order valence-electron chi connectivity index (χ4n) is 1.83. The van der Waals surface area contributed by atoms with Gasteiger partial charge in [0.25, 0.3) is 0 Å². The van der Waals surface area contributed by atoms with E-state index < -0.39 is 0 Å². The maximum Gasteiger partial charge on any atom is 0.000813 e. The van der Waals surface area contributed by atoms with E-state index in [4.69, 9.17) is 0 Å². The molecule has 84 valence electrons. The van der Waals surface area contributed by atoms with Gasteiger partial charge in [-0.05, 0) is 30.4 Å². The largest absolute Gasteiger partial charge is 0.316 e. The zero-order valence-electron chi connectivity index (χ0n) is 10.2. The Balaban J connectivity index is 2.59. The molecule has 0 fully saturated rings. The molecule has 0 radical (unpaired) electrons. The number of hydrogen-bond donors (Lipinski definition) is 1. The topological polar surface area (TPSA) is 12.0 Å². The van der Waals surface area contributed by atoms with E-state index in [2.05, 4.69) is 56.4 Å². The first-order valence-corrected chi connectivity index (χ1v) is 5.95. The van der Waals surface area contributed by atoms with Crippen LogP contribution in [0.1, 0.15) is 32.8 Å². The van der Waals surface area contributed by atoms with Crippen LogP contribution >= 0.6 is 0 Å². The maximum atomic E-state index is 3.46. The Hall–Kier alpha value is -0.820. The second-order valence-electron chi connectivity index (χ2n) is 4.61. The molecule has 1 rings (SSSR count). The van der Waals surface area contributed by atoms with Gasteiger partial charge in [0, 0.05) is 6.54 Å². The molecule has 0 bridgehead atoms. The van der Waals surface area contributed by atoms with Crippen LogP contribution in [0.3, 0.4) is 0 Å². The van der Waals surface area contributed by atoms with Crippen LogP contribution < -0.4 is 5.32 Å². The van der Waals surface area contributed by atoms with E-state index in [1.54, 1.807) is 0 Å². The van der Waals surface area contributed by atoms with Crippen LogP contribution in [-0.4, -0.2) is 13.1 Å². The van der Waals surface area contributed by atoms with Crippen LogP contribution in [0, 0.1) is 5.41 Å². The zero-order valence-corrected chi connectivity index (χ0v) is 10.2. The van der Waals surface area contributed by atoms with Crippen LogP contribution in [0.5, 0.6) is 0 Å². The highest BCUT2D eigenvalue weighted by atomic mass is 14.9. The molecule has 0 amide bonds. The molecule has 15 heavy (non-hydrogen) atoms. The third kappa shape index (κ3) is 4.05. The van der Waals surface area contributed by atoms with Crippen molar-refractivity contribution in [2.75, 3.05) is 13.1 Å². The van der Waals surface area contributed by atoms with Gasteiger partial charge in [0.05, 0.1) is 0 Å². The van der Waals surface area contributed by atoms with Crippen molar-refractivity contribution in [3.63, 3.8) is 0 Å². The highest BCUT2D eigenvalue weighted by molar-refractivity contribution is 5.16. The first kappa shape index (κ1) is 12.3. The molecule has 0 aliphatic heterocycles. The van der Waals surface area contributed by atoms with Crippen molar-refractivity contribution in [2.24, 2.45) is 5.41 Å². The molecule has 0 aliphatic rings. The van der Waals surface area contributed by atoms with Gasteiger partial charge in [0.1, 0.15) is 0 Å². The molecule has 0 heterocycles. The van der Waals surface area contributed by atoms with Gasteiger partial charge in [-0.2, -0.15) is 0 Å². The normalized spacial score (nSPS) is 14.9. The quantitative estimate of drug-likeness (QED) is 0.751. The van der Waals surface area contributed by atoms with Gasteiger partial charge in [-0.1, -0.05) is 51.1 Å². The summed E-state index contributed by atoms with van der Waals surface area (Å²) < 4.78 is 0. The molecule has 1 unspecified atom stereocenters. The minimum atomic E-state index is 0.386. The van der Waals surface area contributed by atoms with Gasteiger partial charge in [0.2, 0.25) is 0 Å². The van der Waals surface area contributed by atoms with Gasteiger partial charge in [-0.3, -0.25) is 0 Å². The molecule has 0 spiro atoms. The van der Waals surface area contributed by atoms with Gasteiger partial charge in [0.15, 0.2) is 0 Å². The van der Waals surface area contributed by atoms with Gasteiger partial charge in [-0.15, -0.1) is 0 Å². The number of hydrogen-bond acceptors (Lipinski definition) is 1. The number of benzene rings is 1. The monoisotopic (exact) mass is 205 g/mol. The molecular weight excluding hydrogens is 182 g/mol. The second kappa shape index (κ2) is 5.92. The lowest BCUT2D eigenvalue weighted by molar-refractivity contribution is 0.293. The van der Waals surface area contributed by atoms with Gasteiger partial charge in [-0.25, -0.2) is 0 Å². The van der Waals surface area contributed by atoms with Crippen molar-refractivity contribution in [1.82, 2.24) is 5.32 Å². The lowest BCUT2D eigenvalue weighted by atomic mass is 9.81. The molecule has 0 saturated heterocycles. The van der Waals surface area contributed by atoms with Crippen molar-refractivity contribution in [3.8, 4) is 0 Å². The van der Waals surface area contributed by atoms with Crippen molar-refractivity contribution in [1.29, 1.82) is 0 Å². The van der Waals surface area contributed by atoms with E-state index in [0.717, 1.165) is 19.5 Å². The maximum absolute atomic E-state index is 3.46. The summed E-state index contributed by atoms with van der Waals surface area (Å²) in [4.78, 5) is 0. The summed E-state index contributed by atoms with van der Waals surface area (Å²) in [5.74, 6) is 0. The lowest BCUT2D eigenvalue weighted by Gasteiger charge is -2.28. The summed E-state index contributed by atoms with van der Waals surface area (Å²) in [7, 11) is 0. The summed E-state index contributed by atoms with van der Waals surface area (Å²) in [6.07, 6.45) is 2.38. The Labute approximate surface area is 93.9 Å². The van der Waals surface area contributed by atoms with E-state index in [-0.39, 0.29) is 0 Å². The standard InChI is InChI=1S/C14H23N/c1-4-14(3,12-15-5-2)11-13-9-7-6-8-10-13/h6-10,15H,4-5,11-12H2,1-3H3. The lowest BCUT2D eigenvalue weighted by Crippen LogP contribution is -2.33. The Morgan fingerprint density at radius 2 is 1.80 bits per heavy atom. The van der Waals surface area contributed by atoms with Gasteiger partial charge >= 0.3 is 0 Å². The first-order valence-electron chi connectivity index (χ1n) is 5.95. The molecule has 1 nitrogen and oxygen atoms in total. The molecule has 0 aromatic heterocycles. The predicted octanol–water partition coefficient (Wildman–Crippen LogP) is 3.25. The van der Waals surface area contributed by atoms with Crippen molar-refractivity contribution < 1.29 is 0 Å². The van der Waals surface area contributed by atoms with Crippen LogP contribution in [0.15, 0.2) is 30.3 Å². The highest BCUT2D eigenvalue weighted by Crippen LogP contribution is 2.25.